The standard InChI is InChI=1S/C21H28N2O3/c1-14(2)13-16-18(21(16,3)4)20(26)23-11-9-22(10-12-23)19(25)15-7-5-6-8-17(15)24/h5-8,13,16,18,24H,9-12H2,1-4H3/t16-,18+/m1/s1. The maximum atomic E-state index is 12.9. The van der Waals surface area contributed by atoms with Gasteiger partial charge in [-0.1, -0.05) is 37.6 Å². The number of phenols is 1. The van der Waals surface area contributed by atoms with Crippen LogP contribution in [0, 0.1) is 17.3 Å². The molecule has 0 aromatic heterocycles. The van der Waals surface area contributed by atoms with Crippen molar-refractivity contribution in [2.45, 2.75) is 27.7 Å². The van der Waals surface area contributed by atoms with Gasteiger partial charge in [0.2, 0.25) is 5.91 Å². The van der Waals surface area contributed by atoms with E-state index in [1.807, 2.05) is 4.90 Å². The molecule has 26 heavy (non-hydrogen) atoms. The summed E-state index contributed by atoms with van der Waals surface area (Å²) in [7, 11) is 0. The Bertz CT molecular complexity index is 741. The Morgan fingerprint density at radius 2 is 1.65 bits per heavy atom. The topological polar surface area (TPSA) is 60.9 Å². The van der Waals surface area contributed by atoms with Crippen molar-refractivity contribution in [2.75, 3.05) is 26.2 Å². The molecule has 5 heteroatoms. The molecule has 2 atom stereocenters. The normalized spacial score (nSPS) is 24.2. The van der Waals surface area contributed by atoms with Gasteiger partial charge in [-0.05, 0) is 37.3 Å². The summed E-state index contributed by atoms with van der Waals surface area (Å²) in [6.45, 7) is 10.5. The number of carbonyl (C=O) groups is 2. The third-order valence-corrected chi connectivity index (χ3v) is 5.70. The Morgan fingerprint density at radius 1 is 1.08 bits per heavy atom. The van der Waals surface area contributed by atoms with Gasteiger partial charge in [0.25, 0.3) is 5.91 Å². The van der Waals surface area contributed by atoms with Crippen LogP contribution < -0.4 is 0 Å². The summed E-state index contributed by atoms with van der Waals surface area (Å²) in [6.07, 6.45) is 2.21. The van der Waals surface area contributed by atoms with Crippen LogP contribution in [-0.4, -0.2) is 52.9 Å². The van der Waals surface area contributed by atoms with Crippen LogP contribution in [0.4, 0.5) is 0 Å². The van der Waals surface area contributed by atoms with Crippen LogP contribution in [0.3, 0.4) is 0 Å². The number of hydrogen-bond donors (Lipinski definition) is 1. The first-order valence-electron chi connectivity index (χ1n) is 9.24. The fraction of sp³-hybridized carbons (Fsp3) is 0.524. The number of amides is 2. The Morgan fingerprint density at radius 3 is 2.23 bits per heavy atom. The second kappa shape index (κ2) is 6.78. The molecule has 1 N–H and O–H groups in total. The molecule has 1 aromatic carbocycles. The minimum Gasteiger partial charge on any atom is -0.507 e. The first kappa shape index (κ1) is 18.5. The minimum atomic E-state index is -0.177. The Balaban J connectivity index is 1.61. The average Bonchev–Trinajstić information content (AvgIpc) is 3.13. The van der Waals surface area contributed by atoms with E-state index in [-0.39, 0.29) is 28.9 Å². The molecular formula is C21H28N2O3. The number of aromatic hydroxyl groups is 1. The zero-order valence-corrected chi connectivity index (χ0v) is 16.0. The Hall–Kier alpha value is -2.30. The van der Waals surface area contributed by atoms with Gasteiger partial charge in [0.15, 0.2) is 0 Å². The third kappa shape index (κ3) is 3.35. The monoisotopic (exact) mass is 356 g/mol. The smallest absolute Gasteiger partial charge is 0.257 e. The van der Waals surface area contributed by atoms with Crippen LogP contribution in [0.5, 0.6) is 5.75 Å². The lowest BCUT2D eigenvalue weighted by Crippen LogP contribution is -2.51. The van der Waals surface area contributed by atoms with E-state index in [0.717, 1.165) is 0 Å². The van der Waals surface area contributed by atoms with Crippen molar-refractivity contribution in [2.24, 2.45) is 17.3 Å². The molecule has 2 aliphatic rings. The molecule has 1 saturated carbocycles. The fourth-order valence-electron chi connectivity index (χ4n) is 3.97. The molecule has 5 nitrogen and oxygen atoms in total. The summed E-state index contributed by atoms with van der Waals surface area (Å²) in [4.78, 5) is 29.1. The minimum absolute atomic E-state index is 0.000278. The van der Waals surface area contributed by atoms with Gasteiger partial charge in [-0.15, -0.1) is 0 Å². The van der Waals surface area contributed by atoms with E-state index in [2.05, 4.69) is 33.8 Å². The van der Waals surface area contributed by atoms with Gasteiger partial charge in [0.05, 0.1) is 11.5 Å². The number of phenolic OH excluding ortho intramolecular Hbond substituents is 1. The highest BCUT2D eigenvalue weighted by molar-refractivity contribution is 5.97. The maximum absolute atomic E-state index is 12.9. The number of nitrogens with zero attached hydrogens (tertiary/aromatic N) is 2. The van der Waals surface area contributed by atoms with Crippen LogP contribution in [0.25, 0.3) is 0 Å². The number of benzene rings is 1. The van der Waals surface area contributed by atoms with Gasteiger partial charge in [-0.25, -0.2) is 0 Å². The van der Waals surface area contributed by atoms with Crippen molar-refractivity contribution >= 4 is 11.8 Å². The van der Waals surface area contributed by atoms with Gasteiger partial charge in [-0.2, -0.15) is 0 Å². The Kier molecular flexibility index (Phi) is 4.82. The summed E-state index contributed by atoms with van der Waals surface area (Å²) < 4.78 is 0. The largest absolute Gasteiger partial charge is 0.507 e. The highest BCUT2D eigenvalue weighted by atomic mass is 16.3. The predicted molar refractivity (Wildman–Crippen MR) is 101 cm³/mol. The van der Waals surface area contributed by atoms with Gasteiger partial charge in [0.1, 0.15) is 5.75 Å². The second-order valence-corrected chi connectivity index (χ2v) is 8.20. The van der Waals surface area contributed by atoms with Crippen molar-refractivity contribution in [3.05, 3.63) is 41.5 Å². The van der Waals surface area contributed by atoms with Crippen LogP contribution in [0.15, 0.2) is 35.9 Å². The van der Waals surface area contributed by atoms with Crippen molar-refractivity contribution in [3.8, 4) is 5.75 Å². The van der Waals surface area contributed by atoms with Gasteiger partial charge in [0, 0.05) is 26.2 Å². The lowest BCUT2D eigenvalue weighted by Gasteiger charge is -2.35. The van der Waals surface area contributed by atoms with E-state index in [1.165, 1.54) is 11.6 Å². The highest BCUT2D eigenvalue weighted by Gasteiger charge is 2.61. The molecule has 1 aromatic rings. The lowest BCUT2D eigenvalue weighted by atomic mass is 10.1. The van der Waals surface area contributed by atoms with Crippen molar-refractivity contribution < 1.29 is 14.7 Å². The van der Waals surface area contributed by atoms with Crippen molar-refractivity contribution in [1.29, 1.82) is 0 Å². The molecule has 2 amide bonds. The molecule has 1 aliphatic carbocycles. The molecular weight excluding hydrogens is 328 g/mol. The van der Waals surface area contributed by atoms with Gasteiger partial charge in [-0.3, -0.25) is 9.59 Å². The molecule has 3 rings (SSSR count). The summed E-state index contributed by atoms with van der Waals surface area (Å²) in [5.41, 5.74) is 1.58. The summed E-state index contributed by atoms with van der Waals surface area (Å²) in [5, 5.41) is 9.87. The molecule has 0 unspecified atom stereocenters. The second-order valence-electron chi connectivity index (χ2n) is 8.20. The van der Waals surface area contributed by atoms with E-state index >= 15 is 0 Å². The molecule has 0 radical (unpaired) electrons. The Labute approximate surface area is 155 Å². The summed E-state index contributed by atoms with van der Waals surface area (Å²) in [6, 6.07) is 6.59. The summed E-state index contributed by atoms with van der Waals surface area (Å²) >= 11 is 0. The van der Waals surface area contributed by atoms with E-state index in [9.17, 15) is 14.7 Å². The molecule has 140 valence electrons. The van der Waals surface area contributed by atoms with Crippen molar-refractivity contribution in [1.82, 2.24) is 9.80 Å². The molecule has 1 heterocycles. The lowest BCUT2D eigenvalue weighted by molar-refractivity contribution is -0.135. The SMILES string of the molecule is CC(C)=C[C@@H]1[C@@H](C(=O)N2CCN(C(=O)c3ccccc3O)CC2)C1(C)C. The summed E-state index contributed by atoms with van der Waals surface area (Å²) in [5.74, 6) is 0.371. The van der Waals surface area contributed by atoms with E-state index in [1.54, 1.807) is 23.1 Å². The highest BCUT2D eigenvalue weighted by Crippen LogP contribution is 2.60. The third-order valence-electron chi connectivity index (χ3n) is 5.70. The fourth-order valence-corrected chi connectivity index (χ4v) is 3.97. The molecule has 0 bridgehead atoms. The first-order valence-corrected chi connectivity index (χ1v) is 9.24. The first-order chi connectivity index (χ1) is 12.2. The molecule has 0 spiro atoms. The van der Waals surface area contributed by atoms with Crippen molar-refractivity contribution in [3.63, 3.8) is 0 Å². The zero-order valence-electron chi connectivity index (χ0n) is 16.0. The average molecular weight is 356 g/mol. The molecule has 1 saturated heterocycles. The molecule has 2 fully saturated rings. The predicted octanol–water partition coefficient (Wildman–Crippen LogP) is 2.92. The van der Waals surface area contributed by atoms with E-state index < -0.39 is 0 Å². The molecule has 1 aliphatic heterocycles. The van der Waals surface area contributed by atoms with Crippen LogP contribution in [0.1, 0.15) is 38.1 Å². The maximum Gasteiger partial charge on any atom is 0.257 e. The number of para-hydroxylation sites is 1. The van der Waals surface area contributed by atoms with Crippen LogP contribution >= 0.6 is 0 Å². The quantitative estimate of drug-likeness (QED) is 0.847. The van der Waals surface area contributed by atoms with Gasteiger partial charge >= 0.3 is 0 Å². The number of allylic oxidation sites excluding steroid dienone is 2. The zero-order chi connectivity index (χ0) is 19.1. The van der Waals surface area contributed by atoms with Crippen LogP contribution in [0.2, 0.25) is 0 Å². The van der Waals surface area contributed by atoms with E-state index in [4.69, 9.17) is 0 Å². The van der Waals surface area contributed by atoms with Crippen LogP contribution in [-0.2, 0) is 4.79 Å². The van der Waals surface area contributed by atoms with Gasteiger partial charge < -0.3 is 14.9 Å². The number of piperazine rings is 1. The number of carbonyl (C=O) groups excluding carboxylic acids is 2. The number of hydrogen-bond acceptors (Lipinski definition) is 3. The van der Waals surface area contributed by atoms with E-state index in [0.29, 0.717) is 37.7 Å². The number of rotatable bonds is 3.